The highest BCUT2D eigenvalue weighted by Crippen LogP contribution is 2.42. The highest BCUT2D eigenvalue weighted by molar-refractivity contribution is 6.26. The summed E-state index contributed by atoms with van der Waals surface area (Å²) in [4.78, 5) is 0. The lowest BCUT2D eigenvalue weighted by Gasteiger charge is -2.20. The lowest BCUT2D eigenvalue weighted by Crippen LogP contribution is -2.29. The first-order valence-corrected chi connectivity index (χ1v) is 11.7. The molecule has 0 aliphatic carbocycles. The Labute approximate surface area is 189 Å². The van der Waals surface area contributed by atoms with Crippen LogP contribution in [0.1, 0.15) is 43.0 Å². The second kappa shape index (κ2) is 6.22. The Kier molecular flexibility index (Phi) is 3.80. The Morgan fingerprint density at radius 3 is 2.31 bits per heavy atom. The van der Waals surface area contributed by atoms with E-state index in [1.165, 1.54) is 71.3 Å². The van der Waals surface area contributed by atoms with E-state index in [2.05, 4.69) is 106 Å². The summed E-state index contributed by atoms with van der Waals surface area (Å²) >= 11 is 0. The zero-order valence-corrected chi connectivity index (χ0v) is 20.2. The Hall–Kier alpha value is -3.13. The molecule has 0 saturated heterocycles. The second-order valence-corrected chi connectivity index (χ2v) is 11.0. The molecule has 3 aromatic heterocycles. The van der Waals surface area contributed by atoms with E-state index in [1.54, 1.807) is 0 Å². The molecule has 0 saturated carbocycles. The van der Waals surface area contributed by atoms with Crippen molar-refractivity contribution in [1.29, 1.82) is 0 Å². The fraction of sp³-hybridized carbons (Fsp3) is 0.300. The van der Waals surface area contributed by atoms with Gasteiger partial charge in [-0.05, 0) is 72.4 Å². The molecule has 3 aromatic carbocycles. The molecule has 0 fully saturated rings. The van der Waals surface area contributed by atoms with Gasteiger partial charge in [0.25, 0.3) is 0 Å². The van der Waals surface area contributed by atoms with Gasteiger partial charge in [-0.15, -0.1) is 0 Å². The minimum Gasteiger partial charge on any atom is -0.307 e. The average molecular weight is 420 g/mol. The largest absolute Gasteiger partial charge is 0.307 e. The van der Waals surface area contributed by atoms with E-state index in [1.807, 2.05) is 0 Å². The van der Waals surface area contributed by atoms with Crippen LogP contribution in [0.5, 0.6) is 0 Å². The lowest BCUT2D eigenvalue weighted by atomic mass is 9.87. The first kappa shape index (κ1) is 19.5. The van der Waals surface area contributed by atoms with Gasteiger partial charge in [-0.2, -0.15) is 0 Å². The van der Waals surface area contributed by atoms with E-state index >= 15 is 0 Å². The Bertz CT molecular complexity index is 1710. The number of benzene rings is 3. The summed E-state index contributed by atoms with van der Waals surface area (Å²) in [6.45, 7) is 13.7. The van der Waals surface area contributed by atoms with E-state index < -0.39 is 0 Å². The maximum atomic E-state index is 2.56. The quantitative estimate of drug-likeness (QED) is 0.150. The van der Waals surface area contributed by atoms with Crippen LogP contribution in [-0.4, -0.2) is 4.40 Å². The Morgan fingerprint density at radius 2 is 1.56 bits per heavy atom. The van der Waals surface area contributed by atoms with Gasteiger partial charge in [0.15, 0.2) is 6.20 Å². The third kappa shape index (κ3) is 2.50. The van der Waals surface area contributed by atoms with Gasteiger partial charge in [-0.1, -0.05) is 45.0 Å². The van der Waals surface area contributed by atoms with Crippen LogP contribution in [0.25, 0.3) is 49.0 Å². The van der Waals surface area contributed by atoms with Crippen LogP contribution in [0.4, 0.5) is 0 Å². The molecule has 6 rings (SSSR count). The van der Waals surface area contributed by atoms with Crippen molar-refractivity contribution in [3.8, 4) is 0 Å². The van der Waals surface area contributed by atoms with Crippen LogP contribution < -0.4 is 4.57 Å². The molecule has 0 amide bonds. The molecule has 32 heavy (non-hydrogen) atoms. The first-order valence-electron chi connectivity index (χ1n) is 11.7. The molecule has 3 heterocycles. The van der Waals surface area contributed by atoms with Gasteiger partial charge in [-0.25, -0.2) is 4.57 Å². The zero-order valence-electron chi connectivity index (χ0n) is 20.2. The van der Waals surface area contributed by atoms with E-state index in [0.29, 0.717) is 0 Å². The zero-order chi connectivity index (χ0) is 22.5. The minimum absolute atomic E-state index is 0.244. The van der Waals surface area contributed by atoms with Crippen LogP contribution in [-0.2, 0) is 13.5 Å². The first-order chi connectivity index (χ1) is 15.2. The third-order valence-electron chi connectivity index (χ3n) is 7.32. The van der Waals surface area contributed by atoms with Crippen LogP contribution in [0.3, 0.4) is 0 Å². The average Bonchev–Trinajstić information content (AvgIpc) is 3.05. The highest BCUT2D eigenvalue weighted by atomic mass is 15.0. The normalized spacial score (nSPS) is 13.0. The molecule has 0 aliphatic heterocycles. The number of nitrogens with zero attached hydrogens (tertiary/aromatic N) is 2. The molecule has 0 radical (unpaired) electrons. The number of hydrogen-bond donors (Lipinski definition) is 0. The van der Waals surface area contributed by atoms with Crippen LogP contribution >= 0.6 is 0 Å². The third-order valence-corrected chi connectivity index (χ3v) is 7.32. The standard InChI is InChI=1S/C30H31N2/c1-17-9-11-23-26(19(17)3)22-10-8-18(2)25-28(22)32(23)24-15-20(16-30(4,5)6)14-21-12-13-31(7)29(25)27(21)24/h8-15H,16H2,1-7H3/q+1. The predicted molar refractivity (Wildman–Crippen MR) is 137 cm³/mol. The van der Waals surface area contributed by atoms with Crippen molar-refractivity contribution in [3.05, 3.63) is 70.9 Å². The molecule has 0 unspecified atom stereocenters. The van der Waals surface area contributed by atoms with Crippen molar-refractivity contribution in [2.24, 2.45) is 12.5 Å². The van der Waals surface area contributed by atoms with Crippen LogP contribution in [0, 0.1) is 26.2 Å². The number of rotatable bonds is 1. The molecule has 0 atom stereocenters. The number of pyridine rings is 2. The maximum Gasteiger partial charge on any atom is 0.224 e. The molecule has 160 valence electrons. The van der Waals surface area contributed by atoms with Crippen molar-refractivity contribution >= 4 is 49.0 Å². The van der Waals surface area contributed by atoms with Crippen molar-refractivity contribution in [3.63, 3.8) is 0 Å². The smallest absolute Gasteiger partial charge is 0.224 e. The topological polar surface area (TPSA) is 8.29 Å². The van der Waals surface area contributed by atoms with E-state index in [9.17, 15) is 0 Å². The van der Waals surface area contributed by atoms with Gasteiger partial charge < -0.3 is 4.40 Å². The fourth-order valence-electron chi connectivity index (χ4n) is 5.86. The highest BCUT2D eigenvalue weighted by Gasteiger charge is 2.25. The molecule has 2 heteroatoms. The number of aromatic nitrogens is 2. The van der Waals surface area contributed by atoms with Crippen LogP contribution in [0.2, 0.25) is 0 Å². The summed E-state index contributed by atoms with van der Waals surface area (Å²) < 4.78 is 4.87. The van der Waals surface area contributed by atoms with Crippen molar-refractivity contribution in [2.45, 2.75) is 48.0 Å². The summed E-state index contributed by atoms with van der Waals surface area (Å²) in [5, 5.41) is 6.84. The molecule has 0 N–H and O–H groups in total. The molecule has 0 aliphatic rings. The van der Waals surface area contributed by atoms with Gasteiger partial charge in [-0.3, -0.25) is 0 Å². The van der Waals surface area contributed by atoms with Gasteiger partial charge >= 0.3 is 0 Å². The predicted octanol–water partition coefficient (Wildman–Crippen LogP) is 7.33. The molecule has 0 bridgehead atoms. The van der Waals surface area contributed by atoms with Gasteiger partial charge in [0.05, 0.1) is 27.3 Å². The van der Waals surface area contributed by atoms with E-state index in [-0.39, 0.29) is 5.41 Å². The maximum absolute atomic E-state index is 2.56. The van der Waals surface area contributed by atoms with Crippen molar-refractivity contribution in [1.82, 2.24) is 4.40 Å². The summed E-state index contributed by atoms with van der Waals surface area (Å²) in [5.41, 5.74) is 11.1. The van der Waals surface area contributed by atoms with Crippen LogP contribution in [0.15, 0.2) is 48.7 Å². The molecule has 2 nitrogen and oxygen atoms in total. The fourth-order valence-corrected chi connectivity index (χ4v) is 5.86. The minimum atomic E-state index is 0.244. The monoisotopic (exact) mass is 419 g/mol. The Morgan fingerprint density at radius 1 is 0.812 bits per heavy atom. The van der Waals surface area contributed by atoms with Gasteiger partial charge in [0, 0.05) is 16.8 Å². The second-order valence-electron chi connectivity index (χ2n) is 11.0. The summed E-state index contributed by atoms with van der Waals surface area (Å²) in [5.74, 6) is 0. The molecular weight excluding hydrogens is 388 g/mol. The van der Waals surface area contributed by atoms with Crippen molar-refractivity contribution < 1.29 is 4.57 Å². The molecule has 0 spiro atoms. The molecule has 6 aromatic rings. The molecular formula is C30H31N2+. The Balaban J connectivity index is 1.99. The lowest BCUT2D eigenvalue weighted by molar-refractivity contribution is -0.643. The number of aryl methyl sites for hydroxylation is 4. The SMILES string of the molecule is Cc1ccc2c(c1C)c1ccc(C)c3c1n2c1cc(CC(C)(C)C)cc2cc[n+](C)c3c21. The number of hydrogen-bond acceptors (Lipinski definition) is 0. The van der Waals surface area contributed by atoms with E-state index in [0.717, 1.165) is 6.42 Å². The summed E-state index contributed by atoms with van der Waals surface area (Å²) in [7, 11) is 2.19. The number of fused-ring (bicyclic) bond motifs is 5. The van der Waals surface area contributed by atoms with E-state index in [4.69, 9.17) is 0 Å². The van der Waals surface area contributed by atoms with Gasteiger partial charge in [0.1, 0.15) is 7.05 Å². The summed E-state index contributed by atoms with van der Waals surface area (Å²) in [6.07, 6.45) is 3.29. The van der Waals surface area contributed by atoms with Gasteiger partial charge in [0.2, 0.25) is 5.52 Å². The summed E-state index contributed by atoms with van der Waals surface area (Å²) in [6, 6.07) is 16.4. The van der Waals surface area contributed by atoms with Crippen molar-refractivity contribution in [2.75, 3.05) is 0 Å².